The lowest BCUT2D eigenvalue weighted by Gasteiger charge is -2.28. The Morgan fingerprint density at radius 3 is 2.68 bits per heavy atom. The Morgan fingerprint density at radius 1 is 1.29 bits per heavy atom. The van der Waals surface area contributed by atoms with Gasteiger partial charge < -0.3 is 15.2 Å². The Morgan fingerprint density at radius 2 is 2.04 bits per heavy atom. The number of amides is 3. The standard InChI is InChI=1S/C20H24N2O6/c1-2-3-8-22-18(24)14-7-6-12(10-15(14)19(22)25)17(23)21-16(20(26)27)13-5-4-9-28-11-13/h6-7,10,13,16H,2-5,8-9,11H2,1H3,(H,21,23)(H,26,27). The van der Waals surface area contributed by atoms with Crippen LogP contribution in [0.2, 0.25) is 0 Å². The number of unbranched alkanes of at least 4 members (excludes halogenated alkanes) is 1. The van der Waals surface area contributed by atoms with Gasteiger partial charge in [0.25, 0.3) is 17.7 Å². The van der Waals surface area contributed by atoms with Gasteiger partial charge in [-0.1, -0.05) is 13.3 Å². The third-order valence-electron chi connectivity index (χ3n) is 5.19. The summed E-state index contributed by atoms with van der Waals surface area (Å²) in [6.07, 6.45) is 2.96. The number of carboxylic acid groups (broad SMARTS) is 1. The van der Waals surface area contributed by atoms with E-state index in [0.29, 0.717) is 26.0 Å². The van der Waals surface area contributed by atoms with Crippen LogP contribution < -0.4 is 5.32 Å². The first-order valence-electron chi connectivity index (χ1n) is 9.55. The molecule has 8 nitrogen and oxygen atoms in total. The molecule has 2 atom stereocenters. The number of nitrogens with one attached hydrogen (secondary N) is 1. The number of hydrogen-bond donors (Lipinski definition) is 2. The van der Waals surface area contributed by atoms with Crippen LogP contribution in [0.4, 0.5) is 0 Å². The van der Waals surface area contributed by atoms with Crippen LogP contribution in [-0.4, -0.2) is 59.5 Å². The van der Waals surface area contributed by atoms with E-state index in [1.807, 2.05) is 6.92 Å². The molecule has 0 aliphatic carbocycles. The number of carbonyl (C=O) groups is 4. The number of fused-ring (bicyclic) bond motifs is 1. The lowest BCUT2D eigenvalue weighted by atomic mass is 9.93. The number of carboxylic acids is 1. The SMILES string of the molecule is CCCCN1C(=O)c2ccc(C(=O)NC(C(=O)O)C3CCCOC3)cc2C1=O. The Kier molecular flexibility index (Phi) is 6.08. The van der Waals surface area contributed by atoms with Crippen LogP contribution in [0.15, 0.2) is 18.2 Å². The number of ether oxygens (including phenoxy) is 1. The largest absolute Gasteiger partial charge is 0.480 e. The zero-order valence-electron chi connectivity index (χ0n) is 15.8. The molecule has 3 rings (SSSR count). The fourth-order valence-corrected chi connectivity index (χ4v) is 3.59. The molecule has 1 aromatic rings. The monoisotopic (exact) mass is 388 g/mol. The van der Waals surface area contributed by atoms with Gasteiger partial charge in [0.15, 0.2) is 0 Å². The minimum atomic E-state index is -1.12. The van der Waals surface area contributed by atoms with Crippen molar-refractivity contribution in [3.05, 3.63) is 34.9 Å². The smallest absolute Gasteiger partial charge is 0.326 e. The van der Waals surface area contributed by atoms with Gasteiger partial charge in [-0.25, -0.2) is 4.79 Å². The maximum atomic E-state index is 12.6. The van der Waals surface area contributed by atoms with Crippen LogP contribution in [-0.2, 0) is 9.53 Å². The van der Waals surface area contributed by atoms with Crippen molar-refractivity contribution in [3.63, 3.8) is 0 Å². The number of benzene rings is 1. The Hall–Kier alpha value is -2.74. The average molecular weight is 388 g/mol. The first-order valence-corrected chi connectivity index (χ1v) is 9.55. The van der Waals surface area contributed by atoms with E-state index in [9.17, 15) is 24.3 Å². The molecule has 0 spiro atoms. The predicted octanol–water partition coefficient (Wildman–Crippen LogP) is 1.69. The van der Waals surface area contributed by atoms with Crippen molar-refractivity contribution in [3.8, 4) is 0 Å². The molecule has 1 saturated heterocycles. The molecule has 150 valence electrons. The van der Waals surface area contributed by atoms with Crippen LogP contribution in [0.25, 0.3) is 0 Å². The topological polar surface area (TPSA) is 113 Å². The van der Waals surface area contributed by atoms with Crippen molar-refractivity contribution in [2.45, 2.75) is 38.6 Å². The second-order valence-corrected chi connectivity index (χ2v) is 7.14. The fourth-order valence-electron chi connectivity index (χ4n) is 3.59. The highest BCUT2D eigenvalue weighted by molar-refractivity contribution is 6.22. The molecule has 0 bridgehead atoms. The van der Waals surface area contributed by atoms with Crippen LogP contribution in [0.3, 0.4) is 0 Å². The van der Waals surface area contributed by atoms with Crippen molar-refractivity contribution in [2.75, 3.05) is 19.8 Å². The van der Waals surface area contributed by atoms with E-state index >= 15 is 0 Å². The number of rotatable bonds is 7. The van der Waals surface area contributed by atoms with E-state index in [0.717, 1.165) is 12.8 Å². The zero-order valence-corrected chi connectivity index (χ0v) is 15.8. The number of carbonyl (C=O) groups excluding carboxylic acids is 3. The van der Waals surface area contributed by atoms with Crippen molar-refractivity contribution < 1.29 is 29.0 Å². The van der Waals surface area contributed by atoms with Gasteiger partial charge in [0.2, 0.25) is 0 Å². The quantitative estimate of drug-likeness (QED) is 0.688. The van der Waals surface area contributed by atoms with Gasteiger partial charge in [-0.05, 0) is 37.5 Å². The average Bonchev–Trinajstić information content (AvgIpc) is 2.94. The molecule has 3 amide bonds. The summed E-state index contributed by atoms with van der Waals surface area (Å²) in [5.41, 5.74) is 0.606. The molecule has 0 aromatic heterocycles. The van der Waals surface area contributed by atoms with Crippen molar-refractivity contribution >= 4 is 23.7 Å². The first-order chi connectivity index (χ1) is 13.4. The van der Waals surface area contributed by atoms with Gasteiger partial charge in [-0.2, -0.15) is 0 Å². The molecule has 0 saturated carbocycles. The molecular weight excluding hydrogens is 364 g/mol. The van der Waals surface area contributed by atoms with Gasteiger partial charge in [-0.15, -0.1) is 0 Å². The highest BCUT2D eigenvalue weighted by atomic mass is 16.5. The van der Waals surface area contributed by atoms with Gasteiger partial charge in [0, 0.05) is 24.6 Å². The summed E-state index contributed by atoms with van der Waals surface area (Å²) in [6.45, 7) is 3.18. The highest BCUT2D eigenvalue weighted by Gasteiger charge is 2.36. The van der Waals surface area contributed by atoms with Crippen LogP contribution in [0.5, 0.6) is 0 Å². The molecule has 2 heterocycles. The summed E-state index contributed by atoms with van der Waals surface area (Å²) in [5, 5.41) is 12.0. The Bertz CT molecular complexity index is 800. The Balaban J connectivity index is 1.77. The molecule has 28 heavy (non-hydrogen) atoms. The highest BCUT2D eigenvalue weighted by Crippen LogP contribution is 2.25. The van der Waals surface area contributed by atoms with E-state index in [4.69, 9.17) is 4.74 Å². The van der Waals surface area contributed by atoms with Gasteiger partial charge in [-0.3, -0.25) is 19.3 Å². The molecule has 2 unspecified atom stereocenters. The molecule has 2 aliphatic rings. The third kappa shape index (κ3) is 3.91. The van der Waals surface area contributed by atoms with Crippen molar-refractivity contribution in [1.82, 2.24) is 10.2 Å². The van der Waals surface area contributed by atoms with Crippen molar-refractivity contribution in [1.29, 1.82) is 0 Å². The molecule has 0 radical (unpaired) electrons. The molecule has 1 fully saturated rings. The molecule has 1 aromatic carbocycles. The van der Waals surface area contributed by atoms with E-state index in [-0.39, 0.29) is 35.1 Å². The molecular formula is C20H24N2O6. The van der Waals surface area contributed by atoms with Gasteiger partial charge in [0.05, 0.1) is 17.7 Å². The fraction of sp³-hybridized carbons (Fsp3) is 0.500. The van der Waals surface area contributed by atoms with E-state index in [2.05, 4.69) is 5.32 Å². The molecule has 8 heteroatoms. The predicted molar refractivity (Wildman–Crippen MR) is 99.2 cm³/mol. The lowest BCUT2D eigenvalue weighted by molar-refractivity contribution is -0.142. The number of aliphatic carboxylic acids is 1. The maximum absolute atomic E-state index is 12.6. The van der Waals surface area contributed by atoms with E-state index in [1.165, 1.54) is 23.1 Å². The summed E-state index contributed by atoms with van der Waals surface area (Å²) < 4.78 is 5.33. The minimum Gasteiger partial charge on any atom is -0.480 e. The van der Waals surface area contributed by atoms with Gasteiger partial charge in [0.1, 0.15) is 6.04 Å². The first kappa shape index (κ1) is 20.0. The number of hydrogen-bond acceptors (Lipinski definition) is 5. The van der Waals surface area contributed by atoms with Crippen LogP contribution >= 0.6 is 0 Å². The van der Waals surface area contributed by atoms with Crippen molar-refractivity contribution in [2.24, 2.45) is 5.92 Å². The zero-order chi connectivity index (χ0) is 20.3. The van der Waals surface area contributed by atoms with Crippen LogP contribution in [0, 0.1) is 5.92 Å². The second-order valence-electron chi connectivity index (χ2n) is 7.14. The summed E-state index contributed by atoms with van der Waals surface area (Å²) in [6, 6.07) is 3.20. The minimum absolute atomic E-state index is 0.153. The summed E-state index contributed by atoms with van der Waals surface area (Å²) in [7, 11) is 0. The summed E-state index contributed by atoms with van der Waals surface area (Å²) in [5.74, 6) is -2.80. The van der Waals surface area contributed by atoms with E-state index < -0.39 is 23.8 Å². The van der Waals surface area contributed by atoms with Crippen LogP contribution in [0.1, 0.15) is 63.7 Å². The van der Waals surface area contributed by atoms with E-state index in [1.54, 1.807) is 0 Å². The molecule has 2 aliphatic heterocycles. The maximum Gasteiger partial charge on any atom is 0.326 e. The normalized spacial score (nSPS) is 20.0. The lowest BCUT2D eigenvalue weighted by Crippen LogP contribution is -2.48. The Labute approximate surface area is 162 Å². The summed E-state index contributed by atoms with van der Waals surface area (Å²) >= 11 is 0. The van der Waals surface area contributed by atoms with Gasteiger partial charge >= 0.3 is 5.97 Å². The summed E-state index contributed by atoms with van der Waals surface area (Å²) in [4.78, 5) is 50.3. The number of imide groups is 1. The second kappa shape index (κ2) is 8.52. The number of nitrogens with zero attached hydrogens (tertiary/aromatic N) is 1. The third-order valence-corrected chi connectivity index (χ3v) is 5.19. The molecule has 2 N–H and O–H groups in total.